The summed E-state index contributed by atoms with van der Waals surface area (Å²) in [6.45, 7) is 2.18. The molecular formula is C21H22F3N9O. The lowest BCUT2D eigenvalue weighted by molar-refractivity contribution is 0.269. The molecule has 0 radical (unpaired) electrons. The highest BCUT2D eigenvalue weighted by atomic mass is 19.2. The Labute approximate surface area is 192 Å². The first kappa shape index (κ1) is 22.1. The molecule has 1 aliphatic rings. The van der Waals surface area contributed by atoms with Gasteiger partial charge in [0.25, 0.3) is 0 Å². The molecule has 4 aromatic rings. The summed E-state index contributed by atoms with van der Waals surface area (Å²) in [6.07, 6.45) is 6.23. The molecule has 4 heterocycles. The number of hydrogen-bond donors (Lipinski definition) is 3. The molecular weight excluding hydrogens is 451 g/mol. The highest BCUT2D eigenvalue weighted by molar-refractivity contribution is 5.75. The third-order valence-electron chi connectivity index (χ3n) is 5.59. The SMILES string of the molecule is OCCn1cc(Nc2ncc3cnn(Cc4c(F)c(F)cc(N5CCNCC5)c4F)c3n2)cn1. The topological polar surface area (TPSA) is 109 Å². The van der Waals surface area contributed by atoms with Gasteiger partial charge in [-0.25, -0.2) is 22.8 Å². The molecule has 1 aromatic carbocycles. The van der Waals surface area contributed by atoms with Crippen molar-refractivity contribution < 1.29 is 18.3 Å². The number of rotatable bonds is 7. The molecule has 13 heteroatoms. The van der Waals surface area contributed by atoms with Gasteiger partial charge in [0.2, 0.25) is 5.95 Å². The van der Waals surface area contributed by atoms with Gasteiger partial charge in [-0.2, -0.15) is 15.2 Å². The molecule has 0 unspecified atom stereocenters. The monoisotopic (exact) mass is 473 g/mol. The van der Waals surface area contributed by atoms with E-state index in [0.29, 0.717) is 49.4 Å². The Bertz CT molecular complexity index is 1320. The minimum atomic E-state index is -1.25. The van der Waals surface area contributed by atoms with Crippen molar-refractivity contribution in [3.05, 3.63) is 53.9 Å². The molecule has 34 heavy (non-hydrogen) atoms. The highest BCUT2D eigenvalue weighted by Crippen LogP contribution is 2.29. The van der Waals surface area contributed by atoms with Crippen LogP contribution in [0.3, 0.4) is 0 Å². The molecule has 0 atom stereocenters. The number of halogens is 3. The quantitative estimate of drug-likeness (QED) is 0.348. The second kappa shape index (κ2) is 9.27. The summed E-state index contributed by atoms with van der Waals surface area (Å²) in [5, 5.41) is 24.0. The summed E-state index contributed by atoms with van der Waals surface area (Å²) in [7, 11) is 0. The van der Waals surface area contributed by atoms with E-state index in [0.717, 1.165) is 6.07 Å². The molecule has 10 nitrogen and oxygen atoms in total. The van der Waals surface area contributed by atoms with Crippen LogP contribution in [0.4, 0.5) is 30.5 Å². The zero-order valence-corrected chi connectivity index (χ0v) is 18.0. The largest absolute Gasteiger partial charge is 0.394 e. The number of nitrogens with one attached hydrogen (secondary N) is 2. The van der Waals surface area contributed by atoms with Gasteiger partial charge in [0.05, 0.1) is 54.4 Å². The molecule has 178 valence electrons. The van der Waals surface area contributed by atoms with Crippen LogP contribution in [0, 0.1) is 17.5 Å². The smallest absolute Gasteiger partial charge is 0.229 e. The van der Waals surface area contributed by atoms with Crippen molar-refractivity contribution in [3.63, 3.8) is 0 Å². The second-order valence-corrected chi connectivity index (χ2v) is 7.84. The number of benzene rings is 1. The van der Waals surface area contributed by atoms with Crippen LogP contribution in [0.15, 0.2) is 30.9 Å². The zero-order chi connectivity index (χ0) is 23.7. The number of anilines is 3. The molecule has 0 bridgehead atoms. The van der Waals surface area contributed by atoms with E-state index in [1.165, 1.54) is 17.1 Å². The van der Waals surface area contributed by atoms with Crippen molar-refractivity contribution in [3.8, 4) is 0 Å². The third-order valence-corrected chi connectivity index (χ3v) is 5.59. The lowest BCUT2D eigenvalue weighted by Gasteiger charge is -2.30. The molecule has 0 aliphatic carbocycles. The van der Waals surface area contributed by atoms with Gasteiger partial charge in [0.15, 0.2) is 23.1 Å². The van der Waals surface area contributed by atoms with E-state index in [1.54, 1.807) is 22.0 Å². The normalized spacial score (nSPS) is 14.2. The predicted molar refractivity (Wildman–Crippen MR) is 118 cm³/mol. The Kier molecular flexibility index (Phi) is 6.02. The molecule has 1 saturated heterocycles. The molecule has 3 N–H and O–H groups in total. The van der Waals surface area contributed by atoms with Crippen LogP contribution >= 0.6 is 0 Å². The second-order valence-electron chi connectivity index (χ2n) is 7.84. The molecule has 5 rings (SSSR count). The van der Waals surface area contributed by atoms with E-state index >= 15 is 4.39 Å². The van der Waals surface area contributed by atoms with Crippen molar-refractivity contribution >= 4 is 28.4 Å². The number of hydrogen-bond acceptors (Lipinski definition) is 8. The van der Waals surface area contributed by atoms with Crippen LogP contribution < -0.4 is 15.5 Å². The van der Waals surface area contributed by atoms with E-state index in [1.807, 2.05) is 0 Å². The fourth-order valence-corrected chi connectivity index (χ4v) is 3.89. The fraction of sp³-hybridized carbons (Fsp3) is 0.333. The van der Waals surface area contributed by atoms with Gasteiger partial charge in [0.1, 0.15) is 0 Å². The highest BCUT2D eigenvalue weighted by Gasteiger charge is 2.24. The summed E-state index contributed by atoms with van der Waals surface area (Å²) in [5.41, 5.74) is 0.537. The van der Waals surface area contributed by atoms with Crippen LogP contribution in [-0.2, 0) is 13.1 Å². The number of nitrogens with zero attached hydrogens (tertiary/aromatic N) is 7. The number of aromatic nitrogens is 6. The van der Waals surface area contributed by atoms with Crippen molar-refractivity contribution in [2.75, 3.05) is 43.0 Å². The summed E-state index contributed by atoms with van der Waals surface area (Å²) < 4.78 is 47.3. The van der Waals surface area contributed by atoms with Crippen molar-refractivity contribution in [2.24, 2.45) is 0 Å². The number of piperazine rings is 1. The van der Waals surface area contributed by atoms with Gasteiger partial charge in [-0.15, -0.1) is 0 Å². The average Bonchev–Trinajstić information content (AvgIpc) is 3.46. The van der Waals surface area contributed by atoms with Gasteiger partial charge < -0.3 is 20.6 Å². The van der Waals surface area contributed by atoms with Crippen molar-refractivity contribution in [2.45, 2.75) is 13.1 Å². The van der Waals surface area contributed by atoms with Crippen molar-refractivity contribution in [1.82, 2.24) is 34.8 Å². The lowest BCUT2D eigenvalue weighted by atomic mass is 10.1. The standard InChI is InChI=1S/C21H22F3N9O/c22-16-7-17(31-3-1-25-2-4-31)19(24)15(18(16)23)12-33-20-13(9-28-33)8-26-21(30-20)29-14-10-27-32(11-14)5-6-34/h7-11,25,34H,1-6,12H2,(H,26,29,30). The molecule has 0 amide bonds. The Balaban J connectivity index is 1.45. The number of aliphatic hydroxyl groups is 1. The van der Waals surface area contributed by atoms with Gasteiger partial charge in [-0.1, -0.05) is 0 Å². The minimum absolute atomic E-state index is 0.0312. The first-order valence-corrected chi connectivity index (χ1v) is 10.7. The van der Waals surface area contributed by atoms with Gasteiger partial charge in [0, 0.05) is 44.6 Å². The van der Waals surface area contributed by atoms with Crippen LogP contribution in [0.25, 0.3) is 11.0 Å². The van der Waals surface area contributed by atoms with Crippen LogP contribution in [0.2, 0.25) is 0 Å². The molecule has 3 aromatic heterocycles. The van der Waals surface area contributed by atoms with E-state index in [-0.39, 0.29) is 24.8 Å². The number of aliphatic hydroxyl groups excluding tert-OH is 1. The molecule has 1 aliphatic heterocycles. The summed E-state index contributed by atoms with van der Waals surface area (Å²) in [5.74, 6) is -2.95. The maximum absolute atomic E-state index is 15.3. The maximum atomic E-state index is 15.3. The van der Waals surface area contributed by atoms with Crippen LogP contribution in [-0.4, -0.2) is 67.4 Å². The van der Waals surface area contributed by atoms with Gasteiger partial charge in [-0.3, -0.25) is 4.68 Å². The minimum Gasteiger partial charge on any atom is -0.394 e. The average molecular weight is 473 g/mol. The first-order valence-electron chi connectivity index (χ1n) is 10.7. The molecule has 1 fully saturated rings. The van der Waals surface area contributed by atoms with Gasteiger partial charge in [-0.05, 0) is 0 Å². The summed E-state index contributed by atoms with van der Waals surface area (Å²) >= 11 is 0. The van der Waals surface area contributed by atoms with Crippen molar-refractivity contribution in [1.29, 1.82) is 0 Å². The van der Waals surface area contributed by atoms with Crippen LogP contribution in [0.5, 0.6) is 0 Å². The third kappa shape index (κ3) is 4.26. The Morgan fingerprint density at radius 2 is 1.88 bits per heavy atom. The molecule has 0 saturated carbocycles. The maximum Gasteiger partial charge on any atom is 0.229 e. The van der Waals surface area contributed by atoms with E-state index in [2.05, 4.69) is 30.8 Å². The predicted octanol–water partition coefficient (Wildman–Crippen LogP) is 1.63. The van der Waals surface area contributed by atoms with Crippen LogP contribution in [0.1, 0.15) is 5.56 Å². The summed E-state index contributed by atoms with van der Waals surface area (Å²) in [6, 6.07) is 0.905. The first-order chi connectivity index (χ1) is 16.5. The lowest BCUT2D eigenvalue weighted by Crippen LogP contribution is -2.44. The Morgan fingerprint density at radius 3 is 2.68 bits per heavy atom. The fourth-order valence-electron chi connectivity index (χ4n) is 3.89. The summed E-state index contributed by atoms with van der Waals surface area (Å²) in [4.78, 5) is 10.3. The van der Waals surface area contributed by atoms with Gasteiger partial charge >= 0.3 is 0 Å². The van der Waals surface area contributed by atoms with E-state index in [9.17, 15) is 8.78 Å². The molecule has 0 spiro atoms. The zero-order valence-electron chi connectivity index (χ0n) is 18.0. The van der Waals surface area contributed by atoms with E-state index in [4.69, 9.17) is 5.11 Å². The van der Waals surface area contributed by atoms with E-state index < -0.39 is 23.0 Å². The Morgan fingerprint density at radius 1 is 1.06 bits per heavy atom. The number of fused-ring (bicyclic) bond motifs is 1. The Hall–Kier alpha value is -3.71.